The van der Waals surface area contributed by atoms with Crippen molar-refractivity contribution in [3.8, 4) is 0 Å². The van der Waals surface area contributed by atoms with Crippen molar-refractivity contribution in [2.24, 2.45) is 10.7 Å². The molecule has 0 aliphatic carbocycles. The van der Waals surface area contributed by atoms with Gasteiger partial charge in [-0.2, -0.15) is 0 Å². The van der Waals surface area contributed by atoms with Gasteiger partial charge >= 0.3 is 5.97 Å². The summed E-state index contributed by atoms with van der Waals surface area (Å²) in [6.45, 7) is 2.40. The van der Waals surface area contributed by atoms with Gasteiger partial charge in [-0.25, -0.2) is 4.79 Å². The van der Waals surface area contributed by atoms with Gasteiger partial charge < -0.3 is 16.2 Å². The van der Waals surface area contributed by atoms with Crippen LogP contribution < -0.4 is 11.1 Å². The maximum Gasteiger partial charge on any atom is 0.326 e. The number of amides is 1. The summed E-state index contributed by atoms with van der Waals surface area (Å²) in [4.78, 5) is 25.9. The quantitative estimate of drug-likeness (QED) is 0.312. The molecule has 0 aromatic carbocycles. The molecule has 17 heavy (non-hydrogen) atoms. The van der Waals surface area contributed by atoms with Gasteiger partial charge in [-0.3, -0.25) is 9.79 Å². The smallest absolute Gasteiger partial charge is 0.326 e. The van der Waals surface area contributed by atoms with E-state index in [1.54, 1.807) is 6.92 Å². The molecule has 0 aromatic rings. The van der Waals surface area contributed by atoms with Gasteiger partial charge in [-0.15, -0.1) is 0 Å². The van der Waals surface area contributed by atoms with E-state index in [1.165, 1.54) is 6.34 Å². The number of hydrogen-bond acceptors (Lipinski definition) is 3. The van der Waals surface area contributed by atoms with Gasteiger partial charge in [0, 0.05) is 13.0 Å². The van der Waals surface area contributed by atoms with Crippen LogP contribution in [0.2, 0.25) is 0 Å². The van der Waals surface area contributed by atoms with E-state index >= 15 is 0 Å². The molecule has 6 nitrogen and oxygen atoms in total. The molecule has 0 spiro atoms. The first-order valence-corrected chi connectivity index (χ1v) is 5.84. The molecule has 4 N–H and O–H groups in total. The minimum Gasteiger partial charge on any atom is -0.480 e. The summed E-state index contributed by atoms with van der Waals surface area (Å²) in [5.74, 6) is -1.19. The van der Waals surface area contributed by atoms with Crippen LogP contribution in [0.1, 0.15) is 39.0 Å². The Hall–Kier alpha value is -1.59. The molecule has 0 rings (SSSR count). The molecule has 0 fully saturated rings. The lowest BCUT2D eigenvalue weighted by atomic mass is 10.1. The fourth-order valence-corrected chi connectivity index (χ4v) is 1.34. The van der Waals surface area contributed by atoms with Crippen LogP contribution in [0.15, 0.2) is 4.99 Å². The Labute approximate surface area is 101 Å². The van der Waals surface area contributed by atoms with Crippen LogP contribution in [-0.4, -0.2) is 35.9 Å². The van der Waals surface area contributed by atoms with E-state index < -0.39 is 12.0 Å². The van der Waals surface area contributed by atoms with Gasteiger partial charge in [0.2, 0.25) is 5.91 Å². The van der Waals surface area contributed by atoms with Crippen molar-refractivity contribution in [3.63, 3.8) is 0 Å². The predicted octanol–water partition coefficient (Wildman–Crippen LogP) is 0.513. The standard InChI is InChI=1S/C11H21N3O3/c1-2-9(11(16)17)14-10(15)6-4-3-5-7-13-8-12/h8-9H,2-7H2,1H3,(H2,12,13)(H,14,15)(H,16,17). The molecule has 6 heteroatoms. The number of carboxylic acid groups (broad SMARTS) is 1. The molecule has 0 radical (unpaired) electrons. The Morgan fingerprint density at radius 1 is 1.41 bits per heavy atom. The average Bonchev–Trinajstić information content (AvgIpc) is 2.30. The third-order valence-electron chi connectivity index (χ3n) is 2.34. The molecule has 1 unspecified atom stereocenters. The molecule has 0 aliphatic rings. The summed E-state index contributed by atoms with van der Waals surface area (Å²) in [5.41, 5.74) is 5.08. The number of nitrogens with zero attached hydrogens (tertiary/aromatic N) is 1. The predicted molar refractivity (Wildman–Crippen MR) is 65.9 cm³/mol. The van der Waals surface area contributed by atoms with E-state index in [0.717, 1.165) is 19.3 Å². The van der Waals surface area contributed by atoms with Crippen LogP contribution in [0, 0.1) is 0 Å². The van der Waals surface area contributed by atoms with Crippen LogP contribution in [0.25, 0.3) is 0 Å². The number of nitrogens with one attached hydrogen (secondary N) is 1. The van der Waals surface area contributed by atoms with Gasteiger partial charge in [0.25, 0.3) is 0 Å². The Bertz CT molecular complexity index is 267. The van der Waals surface area contributed by atoms with E-state index in [9.17, 15) is 9.59 Å². The van der Waals surface area contributed by atoms with Gasteiger partial charge in [0.1, 0.15) is 6.04 Å². The van der Waals surface area contributed by atoms with Gasteiger partial charge in [-0.1, -0.05) is 13.3 Å². The van der Waals surface area contributed by atoms with E-state index in [4.69, 9.17) is 10.8 Å². The first-order valence-electron chi connectivity index (χ1n) is 5.84. The number of nitrogens with two attached hydrogens (primary N) is 1. The molecule has 98 valence electrons. The van der Waals surface area contributed by atoms with Crippen molar-refractivity contribution in [2.75, 3.05) is 6.54 Å². The van der Waals surface area contributed by atoms with Crippen LogP contribution in [0.5, 0.6) is 0 Å². The Morgan fingerprint density at radius 3 is 2.65 bits per heavy atom. The average molecular weight is 243 g/mol. The largest absolute Gasteiger partial charge is 0.480 e. The normalized spacial score (nSPS) is 12.5. The van der Waals surface area contributed by atoms with E-state index in [1.807, 2.05) is 0 Å². The molecule has 0 aromatic heterocycles. The maximum absolute atomic E-state index is 11.4. The van der Waals surface area contributed by atoms with Gasteiger partial charge in [0.15, 0.2) is 0 Å². The lowest BCUT2D eigenvalue weighted by Crippen LogP contribution is -2.40. The van der Waals surface area contributed by atoms with Crippen molar-refractivity contribution in [1.29, 1.82) is 0 Å². The number of unbranched alkanes of at least 4 members (excludes halogenated alkanes) is 2. The number of aliphatic imine (C=N–C) groups is 1. The number of rotatable bonds is 9. The summed E-state index contributed by atoms with van der Waals surface area (Å²) in [6.07, 6.45) is 4.53. The summed E-state index contributed by atoms with van der Waals surface area (Å²) >= 11 is 0. The second-order valence-electron chi connectivity index (χ2n) is 3.73. The summed E-state index contributed by atoms with van der Waals surface area (Å²) in [7, 11) is 0. The van der Waals surface area contributed by atoms with E-state index in [0.29, 0.717) is 19.4 Å². The van der Waals surface area contributed by atoms with Crippen LogP contribution >= 0.6 is 0 Å². The van der Waals surface area contributed by atoms with E-state index in [2.05, 4.69) is 10.3 Å². The van der Waals surface area contributed by atoms with Crippen molar-refractivity contribution >= 4 is 18.2 Å². The minimum absolute atomic E-state index is 0.207. The van der Waals surface area contributed by atoms with Crippen LogP contribution in [0.4, 0.5) is 0 Å². The first kappa shape index (κ1) is 15.4. The third kappa shape index (κ3) is 8.24. The number of carboxylic acids is 1. The fourth-order valence-electron chi connectivity index (χ4n) is 1.34. The highest BCUT2D eigenvalue weighted by Gasteiger charge is 2.16. The molecule has 0 bridgehead atoms. The monoisotopic (exact) mass is 243 g/mol. The summed E-state index contributed by atoms with van der Waals surface area (Å²) in [6, 6.07) is -0.774. The van der Waals surface area contributed by atoms with Crippen molar-refractivity contribution in [3.05, 3.63) is 0 Å². The zero-order valence-electron chi connectivity index (χ0n) is 10.2. The number of carbonyl (C=O) groups is 2. The number of carbonyl (C=O) groups excluding carboxylic acids is 1. The van der Waals surface area contributed by atoms with Crippen molar-refractivity contribution < 1.29 is 14.7 Å². The molecule has 0 saturated carbocycles. The molecule has 0 aliphatic heterocycles. The lowest BCUT2D eigenvalue weighted by molar-refractivity contribution is -0.141. The topological polar surface area (TPSA) is 105 Å². The second kappa shape index (κ2) is 9.62. The first-order chi connectivity index (χ1) is 8.11. The van der Waals surface area contributed by atoms with Crippen LogP contribution in [-0.2, 0) is 9.59 Å². The number of aliphatic carboxylic acids is 1. The zero-order chi connectivity index (χ0) is 13.1. The molecular weight excluding hydrogens is 222 g/mol. The van der Waals surface area contributed by atoms with Crippen molar-refractivity contribution in [1.82, 2.24) is 5.32 Å². The van der Waals surface area contributed by atoms with Gasteiger partial charge in [-0.05, 0) is 19.3 Å². The molecule has 1 amide bonds. The maximum atomic E-state index is 11.4. The molecule has 0 saturated heterocycles. The molecular formula is C11H21N3O3. The fraction of sp³-hybridized carbons (Fsp3) is 0.727. The van der Waals surface area contributed by atoms with E-state index in [-0.39, 0.29) is 5.91 Å². The zero-order valence-corrected chi connectivity index (χ0v) is 10.2. The Kier molecular flexibility index (Phi) is 8.72. The summed E-state index contributed by atoms with van der Waals surface area (Å²) in [5, 5.41) is 11.2. The molecule has 0 heterocycles. The van der Waals surface area contributed by atoms with Crippen LogP contribution in [0.3, 0.4) is 0 Å². The SMILES string of the molecule is CCC(NC(=O)CCCCCN=CN)C(=O)O. The molecule has 1 atom stereocenters. The van der Waals surface area contributed by atoms with Gasteiger partial charge in [0.05, 0.1) is 6.34 Å². The number of hydrogen-bond donors (Lipinski definition) is 3. The summed E-state index contributed by atoms with van der Waals surface area (Å²) < 4.78 is 0. The lowest BCUT2D eigenvalue weighted by Gasteiger charge is -2.11. The minimum atomic E-state index is -0.988. The highest BCUT2D eigenvalue weighted by Crippen LogP contribution is 2.01. The Morgan fingerprint density at radius 2 is 2.12 bits per heavy atom. The highest BCUT2D eigenvalue weighted by molar-refractivity contribution is 5.83. The Balaban J connectivity index is 3.62. The highest BCUT2D eigenvalue weighted by atomic mass is 16.4. The second-order valence-corrected chi connectivity index (χ2v) is 3.73. The van der Waals surface area contributed by atoms with Crippen molar-refractivity contribution in [2.45, 2.75) is 45.1 Å². The third-order valence-corrected chi connectivity index (χ3v) is 2.34.